The number of rotatable bonds is 0. The van der Waals surface area contributed by atoms with Gasteiger partial charge in [-0.3, -0.25) is 9.05 Å². The standard InChI is InChI=1S/C9H12ClO3P/c10-14(11)12-4-8-6-1-2-7(3-6)9(8)5-13-14/h1-2,6-9H,3-5H2/t6-,7?,8+,9-,14?/m1/s1. The SMILES string of the molecule is O=P1(Cl)OC[C@H]2[C@@H]3C=CC(C3)[C@H]2CO1. The maximum absolute atomic E-state index is 11.4. The molecule has 3 aliphatic rings. The first-order chi connectivity index (χ1) is 6.66. The van der Waals surface area contributed by atoms with Crippen LogP contribution in [0.2, 0.25) is 0 Å². The summed E-state index contributed by atoms with van der Waals surface area (Å²) in [6.45, 7) is -2.30. The van der Waals surface area contributed by atoms with Crippen LogP contribution in [0.3, 0.4) is 0 Å². The average molecular weight is 235 g/mol. The van der Waals surface area contributed by atoms with Crippen LogP contribution in [0.15, 0.2) is 12.2 Å². The monoisotopic (exact) mass is 234 g/mol. The summed E-state index contributed by atoms with van der Waals surface area (Å²) < 4.78 is 21.7. The van der Waals surface area contributed by atoms with Gasteiger partial charge < -0.3 is 0 Å². The summed E-state index contributed by atoms with van der Waals surface area (Å²) in [5.41, 5.74) is 0. The Kier molecular flexibility index (Phi) is 2.07. The van der Waals surface area contributed by atoms with E-state index < -0.39 is 6.95 Å². The van der Waals surface area contributed by atoms with Crippen LogP contribution < -0.4 is 0 Å². The molecule has 0 aromatic carbocycles. The second-order valence-electron chi connectivity index (χ2n) is 4.30. The van der Waals surface area contributed by atoms with Crippen LogP contribution in [0.25, 0.3) is 0 Å². The molecular weight excluding hydrogens is 223 g/mol. The van der Waals surface area contributed by atoms with Crippen molar-refractivity contribution in [1.29, 1.82) is 0 Å². The molecule has 1 saturated heterocycles. The van der Waals surface area contributed by atoms with Crippen molar-refractivity contribution in [3.63, 3.8) is 0 Å². The largest absolute Gasteiger partial charge is 0.424 e. The van der Waals surface area contributed by atoms with Gasteiger partial charge in [0.25, 0.3) is 0 Å². The van der Waals surface area contributed by atoms with Crippen LogP contribution in [0.5, 0.6) is 0 Å². The van der Waals surface area contributed by atoms with Gasteiger partial charge in [-0.2, -0.15) is 0 Å². The first-order valence-electron chi connectivity index (χ1n) is 4.93. The molecule has 1 aliphatic heterocycles. The highest BCUT2D eigenvalue weighted by molar-refractivity contribution is 7.81. The highest BCUT2D eigenvalue weighted by atomic mass is 35.7. The van der Waals surface area contributed by atoms with Crippen LogP contribution >= 0.6 is 18.2 Å². The molecule has 2 unspecified atom stereocenters. The van der Waals surface area contributed by atoms with Crippen LogP contribution in [0.4, 0.5) is 0 Å². The van der Waals surface area contributed by atoms with Crippen LogP contribution in [0, 0.1) is 23.7 Å². The summed E-state index contributed by atoms with van der Waals surface area (Å²) in [4.78, 5) is 0. The van der Waals surface area contributed by atoms with Crippen molar-refractivity contribution in [3.05, 3.63) is 12.2 Å². The second kappa shape index (κ2) is 3.08. The zero-order valence-corrected chi connectivity index (χ0v) is 9.29. The molecule has 2 aliphatic carbocycles. The van der Waals surface area contributed by atoms with Crippen molar-refractivity contribution in [2.75, 3.05) is 13.2 Å². The van der Waals surface area contributed by atoms with E-state index in [1.807, 2.05) is 0 Å². The third-order valence-electron chi connectivity index (χ3n) is 3.64. The van der Waals surface area contributed by atoms with Gasteiger partial charge in [-0.05, 0) is 30.1 Å². The lowest BCUT2D eigenvalue weighted by atomic mass is 9.84. The summed E-state index contributed by atoms with van der Waals surface area (Å²) in [5.74, 6) is 2.09. The summed E-state index contributed by atoms with van der Waals surface area (Å²) in [5, 5.41) is 0. The quantitative estimate of drug-likeness (QED) is 0.478. The maximum Gasteiger partial charge on any atom is 0.424 e. The zero-order valence-electron chi connectivity index (χ0n) is 7.64. The Morgan fingerprint density at radius 1 is 1.14 bits per heavy atom. The van der Waals surface area contributed by atoms with Crippen molar-refractivity contribution < 1.29 is 13.6 Å². The molecule has 2 bridgehead atoms. The van der Waals surface area contributed by atoms with Gasteiger partial charge in [0.05, 0.1) is 13.2 Å². The van der Waals surface area contributed by atoms with E-state index in [0.717, 1.165) is 0 Å². The summed E-state index contributed by atoms with van der Waals surface area (Å²) in [6.07, 6.45) is 5.70. The number of hydrogen-bond donors (Lipinski definition) is 0. The van der Waals surface area contributed by atoms with Gasteiger partial charge in [0.15, 0.2) is 0 Å². The number of fused-ring (bicyclic) bond motifs is 5. The topological polar surface area (TPSA) is 35.5 Å². The van der Waals surface area contributed by atoms with E-state index in [4.69, 9.17) is 20.3 Å². The molecule has 1 saturated carbocycles. The second-order valence-corrected chi connectivity index (χ2v) is 6.92. The van der Waals surface area contributed by atoms with Gasteiger partial charge >= 0.3 is 6.95 Å². The highest BCUT2D eigenvalue weighted by Gasteiger charge is 2.47. The van der Waals surface area contributed by atoms with Crippen LogP contribution in [-0.4, -0.2) is 13.2 Å². The molecular formula is C9H12ClO3P. The molecule has 0 N–H and O–H groups in total. The van der Waals surface area contributed by atoms with E-state index in [2.05, 4.69) is 12.2 Å². The van der Waals surface area contributed by atoms with Gasteiger partial charge in [-0.1, -0.05) is 12.2 Å². The summed E-state index contributed by atoms with van der Waals surface area (Å²) in [7, 11) is 0. The third kappa shape index (κ3) is 1.38. The van der Waals surface area contributed by atoms with Gasteiger partial charge in [-0.15, -0.1) is 0 Å². The Hall–Kier alpha value is 0.180. The summed E-state index contributed by atoms with van der Waals surface area (Å²) in [6, 6.07) is 0. The Morgan fingerprint density at radius 3 is 2.14 bits per heavy atom. The van der Waals surface area contributed by atoms with Crippen LogP contribution in [-0.2, 0) is 13.6 Å². The van der Waals surface area contributed by atoms with E-state index in [0.29, 0.717) is 36.9 Å². The Morgan fingerprint density at radius 2 is 1.64 bits per heavy atom. The molecule has 3 rings (SSSR count). The van der Waals surface area contributed by atoms with Gasteiger partial charge in [0.2, 0.25) is 0 Å². The van der Waals surface area contributed by atoms with E-state index in [1.54, 1.807) is 0 Å². The number of hydrogen-bond acceptors (Lipinski definition) is 3. The Balaban J connectivity index is 1.84. The smallest absolute Gasteiger partial charge is 0.297 e. The predicted octanol–water partition coefficient (Wildman–Crippen LogP) is 2.82. The molecule has 0 radical (unpaired) electrons. The fourth-order valence-corrected chi connectivity index (χ4v) is 4.02. The fraction of sp³-hybridized carbons (Fsp3) is 0.778. The molecule has 1 heterocycles. The highest BCUT2D eigenvalue weighted by Crippen LogP contribution is 2.60. The maximum atomic E-state index is 11.4. The first kappa shape index (κ1) is 9.41. The molecule has 2 fully saturated rings. The minimum Gasteiger partial charge on any atom is -0.297 e. The van der Waals surface area contributed by atoms with Crippen molar-refractivity contribution >= 4 is 18.2 Å². The lowest BCUT2D eigenvalue weighted by Gasteiger charge is -2.23. The minimum absolute atomic E-state index is 0.458. The van der Waals surface area contributed by atoms with E-state index in [1.165, 1.54) is 6.42 Å². The van der Waals surface area contributed by atoms with Crippen molar-refractivity contribution in [2.45, 2.75) is 6.42 Å². The van der Waals surface area contributed by atoms with Gasteiger partial charge in [0.1, 0.15) is 0 Å². The molecule has 0 spiro atoms. The lowest BCUT2D eigenvalue weighted by Crippen LogP contribution is -2.24. The molecule has 0 amide bonds. The number of halogens is 1. The zero-order chi connectivity index (χ0) is 9.76. The normalized spacial score (nSPS) is 55.8. The lowest BCUT2D eigenvalue weighted by molar-refractivity contribution is 0.197. The summed E-state index contributed by atoms with van der Waals surface area (Å²) >= 11 is 5.59. The van der Waals surface area contributed by atoms with Crippen LogP contribution in [0.1, 0.15) is 6.42 Å². The Bertz CT molecular complexity index is 304. The molecule has 3 nitrogen and oxygen atoms in total. The third-order valence-corrected chi connectivity index (χ3v) is 5.14. The molecule has 5 heteroatoms. The molecule has 78 valence electrons. The van der Waals surface area contributed by atoms with Gasteiger partial charge in [-0.25, -0.2) is 4.57 Å². The van der Waals surface area contributed by atoms with Gasteiger partial charge in [0, 0.05) is 11.2 Å². The minimum atomic E-state index is -3.26. The van der Waals surface area contributed by atoms with E-state index >= 15 is 0 Å². The number of allylic oxidation sites excluding steroid dienone is 2. The predicted molar refractivity (Wildman–Crippen MR) is 53.1 cm³/mol. The van der Waals surface area contributed by atoms with Crippen molar-refractivity contribution in [1.82, 2.24) is 0 Å². The fourth-order valence-electron chi connectivity index (χ4n) is 2.91. The molecule has 0 aromatic rings. The first-order valence-corrected chi connectivity index (χ1v) is 7.37. The van der Waals surface area contributed by atoms with Crippen molar-refractivity contribution in [2.24, 2.45) is 23.7 Å². The van der Waals surface area contributed by atoms with E-state index in [-0.39, 0.29) is 0 Å². The van der Waals surface area contributed by atoms with Crippen molar-refractivity contribution in [3.8, 4) is 0 Å². The Labute approximate surface area is 87.7 Å². The van der Waals surface area contributed by atoms with E-state index in [9.17, 15) is 4.57 Å². The molecule has 5 atom stereocenters. The average Bonchev–Trinajstić information content (AvgIpc) is 2.67. The molecule has 14 heavy (non-hydrogen) atoms. The molecule has 0 aromatic heterocycles.